The average Bonchev–Trinajstić information content (AvgIpc) is 2.64. The average molecular weight is 425 g/mol. The Morgan fingerprint density at radius 2 is 1.86 bits per heavy atom. The first kappa shape index (κ1) is 22.5. The summed E-state index contributed by atoms with van der Waals surface area (Å²) in [6, 6.07) is 14.4. The van der Waals surface area contributed by atoms with E-state index in [9.17, 15) is 4.79 Å². The maximum absolute atomic E-state index is 12.8. The van der Waals surface area contributed by atoms with Crippen molar-refractivity contribution in [3.63, 3.8) is 0 Å². The molecule has 3 rings (SSSR count). The Morgan fingerprint density at radius 1 is 1.21 bits per heavy atom. The Kier molecular flexibility index (Phi) is 6.99. The number of nitrogens with one attached hydrogen (secondary N) is 1. The molecule has 3 N–H and O–H groups in total. The third-order valence-electron chi connectivity index (χ3n) is 5.41. The number of halogens is 2. The highest BCUT2D eigenvalue weighted by Crippen LogP contribution is 2.50. The van der Waals surface area contributed by atoms with Crippen LogP contribution in [0, 0.1) is 5.41 Å². The van der Waals surface area contributed by atoms with E-state index in [-0.39, 0.29) is 24.4 Å². The van der Waals surface area contributed by atoms with Gasteiger partial charge in [-0.25, -0.2) is 0 Å². The minimum absolute atomic E-state index is 0. The van der Waals surface area contributed by atoms with Gasteiger partial charge in [0.2, 0.25) is 5.91 Å². The number of para-hydroxylation sites is 1. The van der Waals surface area contributed by atoms with Crippen LogP contribution in [0.5, 0.6) is 11.5 Å². The molecule has 0 spiro atoms. The van der Waals surface area contributed by atoms with Gasteiger partial charge in [0.15, 0.2) is 0 Å². The van der Waals surface area contributed by atoms with Crippen LogP contribution in [0.2, 0.25) is 5.02 Å². The zero-order chi connectivity index (χ0) is 19.7. The van der Waals surface area contributed by atoms with E-state index < -0.39 is 11.0 Å². The fourth-order valence-corrected chi connectivity index (χ4v) is 3.50. The van der Waals surface area contributed by atoms with Gasteiger partial charge in [0.25, 0.3) is 0 Å². The molecule has 1 saturated carbocycles. The smallest absolute Gasteiger partial charge is 0.245 e. The molecule has 7 heteroatoms. The molecule has 152 valence electrons. The molecule has 1 amide bonds. The maximum Gasteiger partial charge on any atom is 0.245 e. The lowest BCUT2D eigenvalue weighted by atomic mass is 9.54. The first-order chi connectivity index (χ1) is 12.8. The molecular formula is C21H26Cl2N2O3. The van der Waals surface area contributed by atoms with Gasteiger partial charge in [-0.2, -0.15) is 0 Å². The lowest BCUT2D eigenvalue weighted by Gasteiger charge is -2.57. The highest BCUT2D eigenvalue weighted by atomic mass is 35.5. The Balaban J connectivity index is 0.00000280. The van der Waals surface area contributed by atoms with Crippen molar-refractivity contribution in [3.05, 3.63) is 53.6 Å². The number of ether oxygens (including phenoxy) is 2. The first-order valence-electron chi connectivity index (χ1n) is 9.02. The Morgan fingerprint density at radius 3 is 2.43 bits per heavy atom. The highest BCUT2D eigenvalue weighted by Gasteiger charge is 2.62. The van der Waals surface area contributed by atoms with Gasteiger partial charge in [-0.1, -0.05) is 37.6 Å². The molecular weight excluding hydrogens is 399 g/mol. The fraction of sp³-hybridized carbons (Fsp3) is 0.381. The minimum atomic E-state index is -0.959. The summed E-state index contributed by atoms with van der Waals surface area (Å²) in [4.78, 5) is 12.8. The van der Waals surface area contributed by atoms with E-state index in [0.29, 0.717) is 35.2 Å². The van der Waals surface area contributed by atoms with E-state index in [2.05, 4.69) is 5.32 Å². The van der Waals surface area contributed by atoms with Crippen LogP contribution in [0.1, 0.15) is 27.2 Å². The van der Waals surface area contributed by atoms with E-state index >= 15 is 0 Å². The molecule has 0 aromatic heterocycles. The van der Waals surface area contributed by atoms with Crippen LogP contribution in [0.4, 0.5) is 5.69 Å². The summed E-state index contributed by atoms with van der Waals surface area (Å²) in [5.74, 6) is 1.00. The van der Waals surface area contributed by atoms with Crippen molar-refractivity contribution in [3.8, 4) is 11.5 Å². The second-order valence-electron chi connectivity index (χ2n) is 7.35. The summed E-state index contributed by atoms with van der Waals surface area (Å²) in [7, 11) is 0. The second-order valence-corrected chi connectivity index (χ2v) is 7.76. The lowest BCUT2D eigenvalue weighted by Crippen LogP contribution is -2.74. The predicted molar refractivity (Wildman–Crippen MR) is 115 cm³/mol. The van der Waals surface area contributed by atoms with Crippen LogP contribution in [0.3, 0.4) is 0 Å². The van der Waals surface area contributed by atoms with Crippen LogP contribution in [-0.4, -0.2) is 24.2 Å². The number of hydrogen-bond donors (Lipinski definition) is 2. The van der Waals surface area contributed by atoms with Gasteiger partial charge in [0, 0.05) is 24.1 Å². The molecule has 2 atom stereocenters. The monoisotopic (exact) mass is 424 g/mol. The van der Waals surface area contributed by atoms with E-state index in [4.69, 9.17) is 26.8 Å². The van der Waals surface area contributed by atoms with Crippen molar-refractivity contribution in [1.29, 1.82) is 0 Å². The van der Waals surface area contributed by atoms with Gasteiger partial charge in [-0.05, 0) is 43.3 Å². The van der Waals surface area contributed by atoms with Gasteiger partial charge < -0.3 is 20.5 Å². The molecule has 5 nitrogen and oxygen atoms in total. The van der Waals surface area contributed by atoms with Gasteiger partial charge in [0.1, 0.15) is 17.0 Å². The number of nitrogens with two attached hydrogens (primary N) is 1. The van der Waals surface area contributed by atoms with Crippen LogP contribution < -0.4 is 15.8 Å². The fourth-order valence-electron chi connectivity index (χ4n) is 3.32. The summed E-state index contributed by atoms with van der Waals surface area (Å²) in [5.41, 5.74) is 5.68. The molecule has 1 aliphatic rings. The van der Waals surface area contributed by atoms with E-state index in [0.717, 1.165) is 0 Å². The Labute approximate surface area is 177 Å². The van der Waals surface area contributed by atoms with Gasteiger partial charge in [0.05, 0.1) is 11.1 Å². The van der Waals surface area contributed by atoms with Gasteiger partial charge in [-0.15, -0.1) is 12.4 Å². The summed E-state index contributed by atoms with van der Waals surface area (Å²) in [5, 5.41) is 3.44. The molecule has 2 aromatic carbocycles. The summed E-state index contributed by atoms with van der Waals surface area (Å²) < 4.78 is 11.4. The molecule has 2 unspecified atom stereocenters. The molecule has 0 heterocycles. The normalized spacial score (nSPS) is 22.5. The van der Waals surface area contributed by atoms with Gasteiger partial charge in [-0.3, -0.25) is 4.79 Å². The van der Waals surface area contributed by atoms with Crippen LogP contribution >= 0.6 is 24.0 Å². The standard InChI is InChI=1S/C21H25ClN2O3.ClH/c1-4-26-18-13-21(23,20(18,2)3)19(25)24-14-9-11-15(12-10-14)27-17-8-6-5-7-16(17)22;/h5-12,18H,4,13,23H2,1-3H3,(H,24,25);1H. The molecule has 0 saturated heterocycles. The predicted octanol–water partition coefficient (Wildman–Crippen LogP) is 5.03. The lowest BCUT2D eigenvalue weighted by molar-refractivity contribution is -0.166. The van der Waals surface area contributed by atoms with Crippen LogP contribution in [-0.2, 0) is 9.53 Å². The summed E-state index contributed by atoms with van der Waals surface area (Å²) in [6.07, 6.45) is 0.498. The second kappa shape index (κ2) is 8.70. The molecule has 28 heavy (non-hydrogen) atoms. The zero-order valence-electron chi connectivity index (χ0n) is 16.2. The van der Waals surface area contributed by atoms with Gasteiger partial charge >= 0.3 is 0 Å². The quantitative estimate of drug-likeness (QED) is 0.681. The number of amides is 1. The number of carbonyl (C=O) groups excluding carboxylic acids is 1. The highest BCUT2D eigenvalue weighted by molar-refractivity contribution is 6.32. The SMILES string of the molecule is CCOC1CC(N)(C(=O)Nc2ccc(Oc3ccccc3Cl)cc2)C1(C)C.Cl. The van der Waals surface area contributed by atoms with Crippen molar-refractivity contribution >= 4 is 35.6 Å². The number of benzene rings is 2. The van der Waals surface area contributed by atoms with Crippen molar-refractivity contribution in [2.45, 2.75) is 38.8 Å². The van der Waals surface area contributed by atoms with Crippen molar-refractivity contribution in [2.24, 2.45) is 11.1 Å². The number of carbonyl (C=O) groups is 1. The molecule has 2 aromatic rings. The molecule has 0 bridgehead atoms. The third kappa shape index (κ3) is 4.13. The van der Waals surface area contributed by atoms with Crippen molar-refractivity contribution in [2.75, 3.05) is 11.9 Å². The van der Waals surface area contributed by atoms with E-state index in [1.807, 2.05) is 32.9 Å². The van der Waals surface area contributed by atoms with Crippen LogP contribution in [0.15, 0.2) is 48.5 Å². The minimum Gasteiger partial charge on any atom is -0.456 e. The summed E-state index contributed by atoms with van der Waals surface area (Å²) >= 11 is 6.10. The van der Waals surface area contributed by atoms with Crippen LogP contribution in [0.25, 0.3) is 0 Å². The largest absolute Gasteiger partial charge is 0.456 e. The van der Waals surface area contributed by atoms with Crippen molar-refractivity contribution in [1.82, 2.24) is 0 Å². The number of anilines is 1. The van der Waals surface area contributed by atoms with E-state index in [1.165, 1.54) is 0 Å². The molecule has 0 aliphatic heterocycles. The number of hydrogen-bond acceptors (Lipinski definition) is 4. The Hall–Kier alpha value is -1.79. The number of rotatable bonds is 6. The first-order valence-corrected chi connectivity index (χ1v) is 9.40. The Bertz CT molecular complexity index is 827. The summed E-state index contributed by atoms with van der Waals surface area (Å²) in [6.45, 7) is 6.49. The topological polar surface area (TPSA) is 73.6 Å². The molecule has 1 aliphatic carbocycles. The molecule has 0 radical (unpaired) electrons. The molecule has 1 fully saturated rings. The third-order valence-corrected chi connectivity index (χ3v) is 5.72. The zero-order valence-corrected chi connectivity index (χ0v) is 17.8. The maximum atomic E-state index is 12.8. The van der Waals surface area contributed by atoms with E-state index in [1.54, 1.807) is 36.4 Å². The van der Waals surface area contributed by atoms with Crippen molar-refractivity contribution < 1.29 is 14.3 Å².